The van der Waals surface area contributed by atoms with Gasteiger partial charge in [-0.3, -0.25) is 19.3 Å². The Morgan fingerprint density at radius 2 is 1.67 bits per heavy atom. The molecule has 1 aromatic carbocycles. The number of benzene rings is 1. The fourth-order valence-corrected chi connectivity index (χ4v) is 3.54. The summed E-state index contributed by atoms with van der Waals surface area (Å²) in [5.41, 5.74) is 0.923. The monoisotopic (exact) mass is 328 g/mol. The van der Waals surface area contributed by atoms with Crippen molar-refractivity contribution in [3.05, 3.63) is 35.4 Å². The predicted molar refractivity (Wildman–Crippen MR) is 90.6 cm³/mol. The van der Waals surface area contributed by atoms with Crippen molar-refractivity contribution in [3.63, 3.8) is 0 Å². The minimum Gasteiger partial charge on any atom is -0.353 e. The molecule has 5 nitrogen and oxygen atoms in total. The van der Waals surface area contributed by atoms with Crippen molar-refractivity contribution in [3.8, 4) is 0 Å². The Hall–Kier alpha value is -2.17. The average Bonchev–Trinajstić information content (AvgIpc) is 2.82. The molecule has 0 aromatic heterocycles. The molecule has 2 aliphatic rings. The molecular formula is C19H24N2O3. The van der Waals surface area contributed by atoms with Crippen LogP contribution in [0.2, 0.25) is 0 Å². The molecule has 0 unspecified atom stereocenters. The Kier molecular flexibility index (Phi) is 4.97. The van der Waals surface area contributed by atoms with Gasteiger partial charge in [0.05, 0.1) is 11.1 Å². The van der Waals surface area contributed by atoms with E-state index in [1.807, 2.05) is 0 Å². The number of carbonyl (C=O) groups is 3. The van der Waals surface area contributed by atoms with E-state index >= 15 is 0 Å². The first-order chi connectivity index (χ1) is 11.6. The molecule has 3 amide bonds. The maximum absolute atomic E-state index is 12.2. The van der Waals surface area contributed by atoms with E-state index in [1.165, 1.54) is 17.7 Å². The van der Waals surface area contributed by atoms with Gasteiger partial charge in [-0.05, 0) is 50.2 Å². The van der Waals surface area contributed by atoms with Gasteiger partial charge in [0, 0.05) is 19.0 Å². The van der Waals surface area contributed by atoms with Crippen molar-refractivity contribution < 1.29 is 14.4 Å². The van der Waals surface area contributed by atoms with Crippen LogP contribution in [0.15, 0.2) is 24.3 Å². The second kappa shape index (κ2) is 7.16. The number of hydrogen-bond donors (Lipinski definition) is 1. The van der Waals surface area contributed by atoms with Crippen molar-refractivity contribution in [2.24, 2.45) is 5.92 Å². The molecule has 5 heteroatoms. The molecule has 1 aliphatic heterocycles. The SMILES string of the molecule is CC1CCC(NC(=O)CCCN2C(=O)c3ccccc3C2=O)CC1. The summed E-state index contributed by atoms with van der Waals surface area (Å²) < 4.78 is 0. The van der Waals surface area contributed by atoms with Gasteiger partial charge in [0.15, 0.2) is 0 Å². The van der Waals surface area contributed by atoms with Crippen LogP contribution in [0, 0.1) is 5.92 Å². The molecule has 128 valence electrons. The molecule has 1 aromatic rings. The van der Waals surface area contributed by atoms with Crippen molar-refractivity contribution in [2.75, 3.05) is 6.54 Å². The summed E-state index contributed by atoms with van der Waals surface area (Å²) in [6.45, 7) is 2.54. The van der Waals surface area contributed by atoms with E-state index in [0.29, 0.717) is 30.5 Å². The predicted octanol–water partition coefficient (Wildman–Crippen LogP) is 2.76. The third-order valence-corrected chi connectivity index (χ3v) is 5.04. The lowest BCUT2D eigenvalue weighted by atomic mass is 9.87. The Bertz CT molecular complexity index is 613. The molecule has 0 bridgehead atoms. The molecule has 1 heterocycles. The van der Waals surface area contributed by atoms with E-state index in [2.05, 4.69) is 12.2 Å². The van der Waals surface area contributed by atoms with Gasteiger partial charge in [0.1, 0.15) is 0 Å². The normalized spacial score (nSPS) is 23.3. The van der Waals surface area contributed by atoms with Gasteiger partial charge in [0.2, 0.25) is 5.91 Å². The van der Waals surface area contributed by atoms with Gasteiger partial charge in [-0.1, -0.05) is 19.1 Å². The number of nitrogens with zero attached hydrogens (tertiary/aromatic N) is 1. The molecular weight excluding hydrogens is 304 g/mol. The van der Waals surface area contributed by atoms with Gasteiger partial charge in [-0.2, -0.15) is 0 Å². The number of fused-ring (bicyclic) bond motifs is 1. The topological polar surface area (TPSA) is 66.5 Å². The molecule has 0 radical (unpaired) electrons. The smallest absolute Gasteiger partial charge is 0.261 e. The lowest BCUT2D eigenvalue weighted by molar-refractivity contribution is -0.122. The Morgan fingerprint density at radius 1 is 1.08 bits per heavy atom. The van der Waals surface area contributed by atoms with Crippen LogP contribution in [0.1, 0.15) is 66.2 Å². The zero-order valence-corrected chi connectivity index (χ0v) is 14.1. The summed E-state index contributed by atoms with van der Waals surface area (Å²) in [4.78, 5) is 37.8. The highest BCUT2D eigenvalue weighted by Gasteiger charge is 2.34. The lowest BCUT2D eigenvalue weighted by Crippen LogP contribution is -2.38. The van der Waals surface area contributed by atoms with Crippen LogP contribution in [0.3, 0.4) is 0 Å². The third-order valence-electron chi connectivity index (χ3n) is 5.04. The molecule has 1 aliphatic carbocycles. The quantitative estimate of drug-likeness (QED) is 0.845. The van der Waals surface area contributed by atoms with E-state index in [-0.39, 0.29) is 23.8 Å². The number of carbonyl (C=O) groups excluding carboxylic acids is 3. The first-order valence-electron chi connectivity index (χ1n) is 8.81. The Morgan fingerprint density at radius 3 is 2.25 bits per heavy atom. The summed E-state index contributed by atoms with van der Waals surface area (Å²) >= 11 is 0. The van der Waals surface area contributed by atoms with Gasteiger partial charge in [0.25, 0.3) is 11.8 Å². The van der Waals surface area contributed by atoms with Gasteiger partial charge in [-0.25, -0.2) is 0 Å². The number of hydrogen-bond acceptors (Lipinski definition) is 3. The second-order valence-electron chi connectivity index (χ2n) is 6.94. The van der Waals surface area contributed by atoms with Crippen molar-refractivity contribution in [1.29, 1.82) is 0 Å². The van der Waals surface area contributed by atoms with Gasteiger partial charge >= 0.3 is 0 Å². The highest BCUT2D eigenvalue weighted by atomic mass is 16.2. The number of amides is 3. The number of nitrogens with one attached hydrogen (secondary N) is 1. The summed E-state index contributed by atoms with van der Waals surface area (Å²) in [5.74, 6) is 0.271. The minimum atomic E-state index is -0.253. The zero-order valence-electron chi connectivity index (χ0n) is 14.1. The molecule has 0 saturated heterocycles. The maximum Gasteiger partial charge on any atom is 0.261 e. The van der Waals surface area contributed by atoms with Crippen molar-refractivity contribution in [2.45, 2.75) is 51.5 Å². The van der Waals surface area contributed by atoms with E-state index in [4.69, 9.17) is 0 Å². The average molecular weight is 328 g/mol. The largest absolute Gasteiger partial charge is 0.353 e. The molecule has 24 heavy (non-hydrogen) atoms. The van der Waals surface area contributed by atoms with Crippen molar-refractivity contribution >= 4 is 17.7 Å². The van der Waals surface area contributed by atoms with Crippen LogP contribution in [0.5, 0.6) is 0 Å². The summed E-state index contributed by atoms with van der Waals surface area (Å²) in [5, 5.41) is 3.08. The van der Waals surface area contributed by atoms with Crippen LogP contribution in [0.4, 0.5) is 0 Å². The molecule has 0 atom stereocenters. The summed E-state index contributed by atoms with van der Waals surface area (Å²) in [6, 6.07) is 7.14. The van der Waals surface area contributed by atoms with E-state index < -0.39 is 0 Å². The molecule has 1 N–H and O–H groups in total. The first-order valence-corrected chi connectivity index (χ1v) is 8.81. The zero-order chi connectivity index (χ0) is 17.1. The van der Waals surface area contributed by atoms with Crippen molar-refractivity contribution in [1.82, 2.24) is 10.2 Å². The first kappa shape index (κ1) is 16.7. The summed E-state index contributed by atoms with van der Waals surface area (Å²) in [7, 11) is 0. The highest BCUT2D eigenvalue weighted by molar-refractivity contribution is 6.21. The van der Waals surface area contributed by atoms with E-state index in [0.717, 1.165) is 18.8 Å². The van der Waals surface area contributed by atoms with E-state index in [1.54, 1.807) is 24.3 Å². The van der Waals surface area contributed by atoms with Crippen LogP contribution in [-0.4, -0.2) is 35.2 Å². The molecule has 3 rings (SSSR count). The fraction of sp³-hybridized carbons (Fsp3) is 0.526. The van der Waals surface area contributed by atoms with Gasteiger partial charge in [-0.15, -0.1) is 0 Å². The molecule has 0 spiro atoms. The lowest BCUT2D eigenvalue weighted by Gasteiger charge is -2.27. The van der Waals surface area contributed by atoms with Crippen LogP contribution in [0.25, 0.3) is 0 Å². The van der Waals surface area contributed by atoms with Crippen LogP contribution < -0.4 is 5.32 Å². The minimum absolute atomic E-state index is 0.0196. The molecule has 1 fully saturated rings. The second-order valence-corrected chi connectivity index (χ2v) is 6.94. The third kappa shape index (κ3) is 3.50. The van der Waals surface area contributed by atoms with Crippen LogP contribution >= 0.6 is 0 Å². The van der Waals surface area contributed by atoms with Gasteiger partial charge < -0.3 is 5.32 Å². The van der Waals surface area contributed by atoms with E-state index in [9.17, 15) is 14.4 Å². The summed E-state index contributed by atoms with van der Waals surface area (Å²) in [6.07, 6.45) is 5.27. The maximum atomic E-state index is 12.2. The Labute approximate surface area is 142 Å². The molecule has 1 saturated carbocycles. The number of imide groups is 1. The standard InChI is InChI=1S/C19H24N2O3/c1-13-8-10-14(11-9-13)20-17(22)7-4-12-21-18(23)15-5-2-3-6-16(15)19(21)24/h2-3,5-6,13-14H,4,7-12H2,1H3,(H,20,22). The Balaban J connectivity index is 1.45. The highest BCUT2D eigenvalue weighted by Crippen LogP contribution is 2.24. The number of rotatable bonds is 5. The fourth-order valence-electron chi connectivity index (χ4n) is 3.54. The van der Waals surface area contributed by atoms with Crippen LogP contribution in [-0.2, 0) is 4.79 Å².